The zero-order valence-electron chi connectivity index (χ0n) is 13.6. The number of carbonyl (C=O) groups is 1. The molecule has 1 amide bonds. The summed E-state index contributed by atoms with van der Waals surface area (Å²) in [5.41, 5.74) is 1.63. The van der Waals surface area contributed by atoms with Crippen molar-refractivity contribution in [2.24, 2.45) is 0 Å². The van der Waals surface area contributed by atoms with Gasteiger partial charge in [0.15, 0.2) is 0 Å². The van der Waals surface area contributed by atoms with Crippen molar-refractivity contribution in [3.05, 3.63) is 73.6 Å². The van der Waals surface area contributed by atoms with Gasteiger partial charge in [-0.25, -0.2) is 4.98 Å². The molecule has 0 aliphatic heterocycles. The van der Waals surface area contributed by atoms with E-state index in [0.717, 1.165) is 14.8 Å². The van der Waals surface area contributed by atoms with Crippen molar-refractivity contribution in [2.45, 2.75) is 6.92 Å². The average Bonchev–Trinajstić information content (AvgIpc) is 3.05. The average molecular weight is 499 g/mol. The van der Waals surface area contributed by atoms with Crippen molar-refractivity contribution < 1.29 is 9.21 Å². The molecule has 0 spiro atoms. The van der Waals surface area contributed by atoms with Crippen molar-refractivity contribution in [1.82, 2.24) is 4.98 Å². The van der Waals surface area contributed by atoms with Crippen molar-refractivity contribution >= 4 is 63.6 Å². The first-order valence-corrected chi connectivity index (χ1v) is 9.43. The second kappa shape index (κ2) is 8.24. The topological polar surface area (TPSA) is 55.1 Å². The van der Waals surface area contributed by atoms with Gasteiger partial charge in [0.05, 0.1) is 5.69 Å². The highest BCUT2D eigenvalue weighted by Gasteiger charge is 2.07. The van der Waals surface area contributed by atoms with Crippen LogP contribution in [0.5, 0.6) is 0 Å². The second-order valence-electron chi connectivity index (χ2n) is 5.45. The number of nitrogens with one attached hydrogen (secondary N) is 1. The maximum absolute atomic E-state index is 12.0. The van der Waals surface area contributed by atoms with Crippen LogP contribution in [0.2, 0.25) is 10.0 Å². The third-order valence-corrected chi connectivity index (χ3v) is 5.02. The van der Waals surface area contributed by atoms with E-state index in [1.807, 2.05) is 13.0 Å². The first-order valence-electron chi connectivity index (χ1n) is 7.59. The van der Waals surface area contributed by atoms with Crippen LogP contribution in [-0.2, 0) is 4.79 Å². The summed E-state index contributed by atoms with van der Waals surface area (Å²) in [5, 5.41) is 3.77. The van der Waals surface area contributed by atoms with Crippen molar-refractivity contribution in [3.8, 4) is 11.3 Å². The van der Waals surface area contributed by atoms with Crippen LogP contribution in [0, 0.1) is 10.5 Å². The fourth-order valence-electron chi connectivity index (χ4n) is 2.23. The summed E-state index contributed by atoms with van der Waals surface area (Å²) in [5.74, 6) is 1.37. The van der Waals surface area contributed by atoms with E-state index in [1.54, 1.807) is 42.5 Å². The van der Waals surface area contributed by atoms with Crippen LogP contribution >= 0.6 is 45.8 Å². The molecule has 4 nitrogen and oxygen atoms in total. The molecule has 1 aromatic carbocycles. The molecule has 1 N–H and O–H groups in total. The number of rotatable bonds is 4. The van der Waals surface area contributed by atoms with Crippen LogP contribution in [0.15, 0.2) is 53.0 Å². The molecule has 3 rings (SSSR count). The molecule has 132 valence electrons. The van der Waals surface area contributed by atoms with Gasteiger partial charge in [0.2, 0.25) is 5.91 Å². The first kappa shape index (κ1) is 18.9. The molecular weight excluding hydrogens is 486 g/mol. The van der Waals surface area contributed by atoms with Gasteiger partial charge in [-0.15, -0.1) is 0 Å². The van der Waals surface area contributed by atoms with Crippen molar-refractivity contribution in [3.63, 3.8) is 0 Å². The molecule has 2 aromatic heterocycles. The second-order valence-corrected chi connectivity index (χ2v) is 7.48. The summed E-state index contributed by atoms with van der Waals surface area (Å²) >= 11 is 14.2. The van der Waals surface area contributed by atoms with Crippen molar-refractivity contribution in [2.75, 3.05) is 5.32 Å². The molecule has 0 unspecified atom stereocenters. The predicted molar refractivity (Wildman–Crippen MR) is 114 cm³/mol. The van der Waals surface area contributed by atoms with E-state index >= 15 is 0 Å². The molecular formula is C19H13Cl2IN2O2. The van der Waals surface area contributed by atoms with Crippen LogP contribution in [0.4, 0.5) is 5.82 Å². The number of hydrogen-bond donors (Lipinski definition) is 1. The summed E-state index contributed by atoms with van der Waals surface area (Å²) in [6.45, 7) is 1.89. The van der Waals surface area contributed by atoms with E-state index in [9.17, 15) is 4.79 Å². The Morgan fingerprint density at radius 3 is 2.58 bits per heavy atom. The Morgan fingerprint density at radius 1 is 1.15 bits per heavy atom. The third-order valence-electron chi connectivity index (χ3n) is 3.45. The Hall–Kier alpha value is -1.83. The predicted octanol–water partition coefficient (Wildman–Crippen LogP) is 6.21. The van der Waals surface area contributed by atoms with Gasteiger partial charge >= 0.3 is 0 Å². The Morgan fingerprint density at radius 2 is 1.88 bits per heavy atom. The van der Waals surface area contributed by atoms with E-state index in [1.165, 1.54) is 6.08 Å². The van der Waals surface area contributed by atoms with Gasteiger partial charge in [0.25, 0.3) is 0 Å². The minimum absolute atomic E-state index is 0.290. The number of pyridine rings is 1. The van der Waals surface area contributed by atoms with E-state index in [0.29, 0.717) is 27.4 Å². The molecule has 0 aliphatic carbocycles. The van der Waals surface area contributed by atoms with Gasteiger partial charge in [-0.1, -0.05) is 23.2 Å². The number of nitrogens with zero attached hydrogens (tertiary/aromatic N) is 1. The minimum atomic E-state index is -0.290. The maximum Gasteiger partial charge on any atom is 0.249 e. The molecule has 0 saturated heterocycles. The lowest BCUT2D eigenvalue weighted by Crippen LogP contribution is -2.09. The fraction of sp³-hybridized carbons (Fsp3) is 0.0526. The monoisotopic (exact) mass is 498 g/mol. The van der Waals surface area contributed by atoms with E-state index in [-0.39, 0.29) is 5.91 Å². The van der Waals surface area contributed by atoms with E-state index in [2.05, 4.69) is 32.9 Å². The lowest BCUT2D eigenvalue weighted by Gasteiger charge is -2.03. The Balaban J connectivity index is 1.69. The molecule has 0 radical (unpaired) electrons. The molecule has 7 heteroatoms. The molecule has 0 atom stereocenters. The molecule has 0 aliphatic rings. The number of halogens is 3. The normalized spacial score (nSPS) is 11.1. The zero-order valence-corrected chi connectivity index (χ0v) is 17.3. The number of benzene rings is 1. The Bertz CT molecular complexity index is 979. The van der Waals surface area contributed by atoms with Crippen LogP contribution < -0.4 is 5.32 Å². The highest BCUT2D eigenvalue weighted by molar-refractivity contribution is 14.1. The molecule has 3 aromatic rings. The van der Waals surface area contributed by atoms with E-state index < -0.39 is 0 Å². The van der Waals surface area contributed by atoms with Gasteiger partial charge < -0.3 is 9.73 Å². The molecule has 26 heavy (non-hydrogen) atoms. The SMILES string of the molecule is Cc1nc(NC(=O)/C=C/c2ccc(-c3cc(Cl)cc(Cl)c3)o2)ccc1I. The standard InChI is InChI=1S/C19H13Cl2IN2O2/c1-11-16(22)4-6-18(23-11)24-19(25)7-3-15-2-5-17(26-15)12-8-13(20)10-14(21)9-12/h2-10H,1H3,(H,23,24,25)/b7-3+. The van der Waals surface area contributed by atoms with Crippen LogP contribution in [0.3, 0.4) is 0 Å². The van der Waals surface area contributed by atoms with Gasteiger partial charge in [-0.3, -0.25) is 4.79 Å². The Labute approximate surface area is 174 Å². The number of hydrogen-bond acceptors (Lipinski definition) is 3. The lowest BCUT2D eigenvalue weighted by atomic mass is 10.2. The zero-order chi connectivity index (χ0) is 18.7. The number of aryl methyl sites for hydroxylation is 1. The number of furan rings is 1. The fourth-order valence-corrected chi connectivity index (χ4v) is 3.06. The molecule has 0 fully saturated rings. The summed E-state index contributed by atoms with van der Waals surface area (Å²) in [6.07, 6.45) is 2.98. The van der Waals surface area contributed by atoms with Crippen molar-refractivity contribution in [1.29, 1.82) is 0 Å². The first-order chi connectivity index (χ1) is 12.4. The summed E-state index contributed by atoms with van der Waals surface area (Å²) in [7, 11) is 0. The number of aromatic nitrogens is 1. The highest BCUT2D eigenvalue weighted by Crippen LogP contribution is 2.28. The summed E-state index contributed by atoms with van der Waals surface area (Å²) < 4.78 is 6.76. The van der Waals surface area contributed by atoms with E-state index in [4.69, 9.17) is 27.6 Å². The van der Waals surface area contributed by atoms with Crippen LogP contribution in [0.25, 0.3) is 17.4 Å². The lowest BCUT2D eigenvalue weighted by molar-refractivity contribution is -0.111. The van der Waals surface area contributed by atoms with Crippen LogP contribution in [-0.4, -0.2) is 10.9 Å². The quantitative estimate of drug-likeness (QED) is 0.343. The number of carbonyl (C=O) groups excluding carboxylic acids is 1. The maximum atomic E-state index is 12.0. The Kier molecular flexibility index (Phi) is 6.01. The third kappa shape index (κ3) is 4.87. The number of anilines is 1. The minimum Gasteiger partial charge on any atom is -0.457 e. The summed E-state index contributed by atoms with van der Waals surface area (Å²) in [6, 6.07) is 12.4. The molecule has 0 bridgehead atoms. The smallest absolute Gasteiger partial charge is 0.249 e. The molecule has 0 saturated carbocycles. The van der Waals surface area contributed by atoms with Gasteiger partial charge in [0, 0.05) is 25.3 Å². The van der Waals surface area contributed by atoms with Crippen LogP contribution in [0.1, 0.15) is 11.5 Å². The largest absolute Gasteiger partial charge is 0.457 e. The van der Waals surface area contributed by atoms with Gasteiger partial charge in [0.1, 0.15) is 17.3 Å². The van der Waals surface area contributed by atoms with Gasteiger partial charge in [-0.2, -0.15) is 0 Å². The summed E-state index contributed by atoms with van der Waals surface area (Å²) in [4.78, 5) is 16.3. The number of amides is 1. The van der Waals surface area contributed by atoms with Gasteiger partial charge in [-0.05, 0) is 78.1 Å². The highest BCUT2D eigenvalue weighted by atomic mass is 127. The molecule has 2 heterocycles.